The predicted molar refractivity (Wildman–Crippen MR) is 102 cm³/mol. The van der Waals surface area contributed by atoms with Crippen LogP contribution in [0.2, 0.25) is 0 Å². The molecular formula is C21H25NO4. The van der Waals surface area contributed by atoms with Crippen LogP contribution in [0.1, 0.15) is 42.3 Å². The van der Waals surface area contributed by atoms with Crippen LogP contribution in [0.4, 0.5) is 5.69 Å². The number of hydrogen-bond donors (Lipinski definition) is 1. The molecule has 26 heavy (non-hydrogen) atoms. The van der Waals surface area contributed by atoms with E-state index in [-0.39, 0.29) is 11.9 Å². The molecule has 2 rings (SSSR count). The van der Waals surface area contributed by atoms with Gasteiger partial charge in [-0.3, -0.25) is 4.79 Å². The van der Waals surface area contributed by atoms with Gasteiger partial charge >= 0.3 is 5.97 Å². The van der Waals surface area contributed by atoms with Gasteiger partial charge < -0.3 is 14.8 Å². The van der Waals surface area contributed by atoms with E-state index in [0.29, 0.717) is 23.6 Å². The number of rotatable bonds is 7. The topological polar surface area (TPSA) is 64.6 Å². The lowest BCUT2D eigenvalue weighted by molar-refractivity contribution is -0.122. The van der Waals surface area contributed by atoms with Gasteiger partial charge in [0.25, 0.3) is 5.91 Å². The third-order valence-corrected chi connectivity index (χ3v) is 4.02. The van der Waals surface area contributed by atoms with Gasteiger partial charge in [-0.2, -0.15) is 0 Å². The van der Waals surface area contributed by atoms with Crippen molar-refractivity contribution in [3.63, 3.8) is 0 Å². The highest BCUT2D eigenvalue weighted by molar-refractivity contribution is 5.96. The summed E-state index contributed by atoms with van der Waals surface area (Å²) in [5.74, 6) is 0.0938. The van der Waals surface area contributed by atoms with Crippen LogP contribution in [0.3, 0.4) is 0 Å². The Balaban J connectivity index is 2.05. The number of nitrogens with one attached hydrogen (secondary N) is 1. The predicted octanol–water partition coefficient (Wildman–Crippen LogP) is 4.14. The maximum atomic E-state index is 12.5. The molecule has 5 heteroatoms. The molecule has 1 N–H and O–H groups in total. The average molecular weight is 355 g/mol. The second kappa shape index (κ2) is 9.04. The van der Waals surface area contributed by atoms with E-state index in [1.54, 1.807) is 32.0 Å². The normalized spacial score (nSPS) is 11.5. The van der Waals surface area contributed by atoms with Gasteiger partial charge in [-0.05, 0) is 62.6 Å². The molecule has 0 unspecified atom stereocenters. The Morgan fingerprint density at radius 3 is 2.50 bits per heavy atom. The van der Waals surface area contributed by atoms with Crippen molar-refractivity contribution in [3.05, 3.63) is 59.2 Å². The smallest absolute Gasteiger partial charge is 0.338 e. The van der Waals surface area contributed by atoms with Crippen LogP contribution in [-0.2, 0) is 16.0 Å². The molecule has 0 aromatic heterocycles. The van der Waals surface area contributed by atoms with Gasteiger partial charge in [0.1, 0.15) is 5.75 Å². The summed E-state index contributed by atoms with van der Waals surface area (Å²) in [4.78, 5) is 24.2. The van der Waals surface area contributed by atoms with E-state index in [0.717, 1.165) is 17.5 Å². The summed E-state index contributed by atoms with van der Waals surface area (Å²) in [6, 6.07) is 12.7. The van der Waals surface area contributed by atoms with Crippen LogP contribution in [0, 0.1) is 6.92 Å². The van der Waals surface area contributed by atoms with Crippen molar-refractivity contribution in [1.82, 2.24) is 0 Å². The number of anilines is 1. The Kier molecular flexibility index (Phi) is 6.78. The first kappa shape index (κ1) is 19.5. The van der Waals surface area contributed by atoms with Gasteiger partial charge in [-0.1, -0.05) is 25.1 Å². The Labute approximate surface area is 154 Å². The van der Waals surface area contributed by atoms with Crippen molar-refractivity contribution in [1.29, 1.82) is 0 Å². The number of benzene rings is 2. The van der Waals surface area contributed by atoms with Gasteiger partial charge in [0.15, 0.2) is 6.10 Å². The number of aryl methyl sites for hydroxylation is 2. The van der Waals surface area contributed by atoms with Gasteiger partial charge in [-0.15, -0.1) is 0 Å². The first-order valence-corrected chi connectivity index (χ1v) is 8.79. The maximum absolute atomic E-state index is 12.5. The molecule has 0 bridgehead atoms. The molecule has 0 aliphatic carbocycles. The standard InChI is InChI=1S/C21H25NO4/c1-5-16-9-7-8-10-19(16)26-15(4)20(23)22-18-12-11-17(13-14(18)3)21(24)25-6-2/h7-13,15H,5-6H2,1-4H3,(H,22,23)/t15-/m1/s1. The van der Waals surface area contributed by atoms with E-state index < -0.39 is 6.10 Å². The minimum atomic E-state index is -0.646. The van der Waals surface area contributed by atoms with E-state index in [9.17, 15) is 9.59 Å². The van der Waals surface area contributed by atoms with Crippen molar-refractivity contribution in [2.75, 3.05) is 11.9 Å². The highest BCUT2D eigenvalue weighted by atomic mass is 16.5. The zero-order chi connectivity index (χ0) is 19.1. The molecule has 2 aromatic rings. The molecule has 0 fully saturated rings. The Morgan fingerprint density at radius 1 is 1.12 bits per heavy atom. The summed E-state index contributed by atoms with van der Waals surface area (Å²) in [5, 5.41) is 2.85. The minimum absolute atomic E-state index is 0.247. The van der Waals surface area contributed by atoms with Crippen LogP contribution < -0.4 is 10.1 Å². The number of carbonyl (C=O) groups is 2. The second-order valence-electron chi connectivity index (χ2n) is 5.96. The van der Waals surface area contributed by atoms with E-state index in [4.69, 9.17) is 9.47 Å². The third-order valence-electron chi connectivity index (χ3n) is 4.02. The summed E-state index contributed by atoms with van der Waals surface area (Å²) in [6.07, 6.45) is 0.186. The zero-order valence-corrected chi connectivity index (χ0v) is 15.7. The van der Waals surface area contributed by atoms with Gasteiger partial charge in [-0.25, -0.2) is 4.79 Å². The highest BCUT2D eigenvalue weighted by Gasteiger charge is 2.17. The molecule has 0 heterocycles. The molecule has 2 aromatic carbocycles. The molecule has 0 radical (unpaired) electrons. The summed E-state index contributed by atoms with van der Waals surface area (Å²) >= 11 is 0. The molecule has 0 saturated carbocycles. The van der Waals surface area contributed by atoms with Gasteiger partial charge in [0.05, 0.1) is 12.2 Å². The van der Waals surface area contributed by atoms with Crippen LogP contribution in [-0.4, -0.2) is 24.6 Å². The van der Waals surface area contributed by atoms with Crippen molar-refractivity contribution >= 4 is 17.6 Å². The van der Waals surface area contributed by atoms with Crippen molar-refractivity contribution < 1.29 is 19.1 Å². The Hall–Kier alpha value is -2.82. The number of carbonyl (C=O) groups excluding carboxylic acids is 2. The molecule has 138 valence electrons. The monoisotopic (exact) mass is 355 g/mol. The fourth-order valence-corrected chi connectivity index (χ4v) is 2.53. The molecule has 1 amide bonds. The first-order valence-electron chi connectivity index (χ1n) is 8.79. The molecule has 1 atom stereocenters. The summed E-state index contributed by atoms with van der Waals surface area (Å²) < 4.78 is 10.8. The quantitative estimate of drug-likeness (QED) is 0.758. The fourth-order valence-electron chi connectivity index (χ4n) is 2.53. The van der Waals surface area contributed by atoms with E-state index in [2.05, 4.69) is 5.32 Å². The highest BCUT2D eigenvalue weighted by Crippen LogP contribution is 2.21. The van der Waals surface area contributed by atoms with Crippen molar-refractivity contribution in [3.8, 4) is 5.75 Å². The average Bonchev–Trinajstić information content (AvgIpc) is 2.63. The van der Waals surface area contributed by atoms with Crippen LogP contribution >= 0.6 is 0 Å². The van der Waals surface area contributed by atoms with Crippen LogP contribution in [0.5, 0.6) is 5.75 Å². The summed E-state index contributed by atoms with van der Waals surface area (Å²) in [6.45, 7) is 7.67. The summed E-state index contributed by atoms with van der Waals surface area (Å²) in [7, 11) is 0. The van der Waals surface area contributed by atoms with E-state index >= 15 is 0 Å². The third kappa shape index (κ3) is 4.85. The fraction of sp³-hybridized carbons (Fsp3) is 0.333. The van der Waals surface area contributed by atoms with Crippen molar-refractivity contribution in [2.24, 2.45) is 0 Å². The number of hydrogen-bond acceptors (Lipinski definition) is 4. The lowest BCUT2D eigenvalue weighted by Gasteiger charge is -2.17. The lowest BCUT2D eigenvalue weighted by atomic mass is 10.1. The number of esters is 1. The lowest BCUT2D eigenvalue weighted by Crippen LogP contribution is -2.30. The largest absolute Gasteiger partial charge is 0.481 e. The molecule has 0 aliphatic rings. The molecule has 0 aliphatic heterocycles. The molecular weight excluding hydrogens is 330 g/mol. The van der Waals surface area contributed by atoms with Gasteiger partial charge in [0, 0.05) is 5.69 Å². The number of amides is 1. The molecule has 0 spiro atoms. The van der Waals surface area contributed by atoms with Crippen molar-refractivity contribution in [2.45, 2.75) is 40.2 Å². The number of para-hydroxylation sites is 1. The van der Waals surface area contributed by atoms with E-state index in [1.165, 1.54) is 0 Å². The Morgan fingerprint density at radius 2 is 1.85 bits per heavy atom. The number of ether oxygens (including phenoxy) is 2. The SMILES string of the molecule is CCOC(=O)c1ccc(NC(=O)[C@@H](C)Oc2ccccc2CC)c(C)c1. The molecule has 0 saturated heterocycles. The maximum Gasteiger partial charge on any atom is 0.338 e. The summed E-state index contributed by atoms with van der Waals surface area (Å²) in [5.41, 5.74) is 2.94. The zero-order valence-electron chi connectivity index (χ0n) is 15.7. The van der Waals surface area contributed by atoms with Gasteiger partial charge in [0.2, 0.25) is 0 Å². The second-order valence-corrected chi connectivity index (χ2v) is 5.96. The Bertz CT molecular complexity index is 785. The first-order chi connectivity index (χ1) is 12.5. The van der Waals surface area contributed by atoms with Crippen LogP contribution in [0.15, 0.2) is 42.5 Å². The minimum Gasteiger partial charge on any atom is -0.481 e. The van der Waals surface area contributed by atoms with E-state index in [1.807, 2.05) is 38.1 Å². The van der Waals surface area contributed by atoms with Crippen LogP contribution in [0.25, 0.3) is 0 Å². The molecule has 5 nitrogen and oxygen atoms in total.